The molecule has 246 valence electrons. The van der Waals surface area contributed by atoms with Crippen molar-refractivity contribution in [3.8, 4) is 5.75 Å². The zero-order valence-corrected chi connectivity index (χ0v) is 27.0. The van der Waals surface area contributed by atoms with Crippen molar-refractivity contribution < 1.29 is 32.3 Å². The Kier molecular flexibility index (Phi) is 7.33. The molecule has 2 saturated carbocycles. The molecule has 3 heterocycles. The second-order valence-electron chi connectivity index (χ2n) is 12.7. The monoisotopic (exact) mass is 691 g/mol. The lowest BCUT2D eigenvalue weighted by Crippen LogP contribution is -2.42. The number of amides is 3. The Bertz CT molecular complexity index is 2030. The van der Waals surface area contributed by atoms with Gasteiger partial charge in [-0.2, -0.15) is 13.2 Å². The molecule has 48 heavy (non-hydrogen) atoms. The average Bonchev–Trinajstić information content (AvgIpc) is 3.80. The van der Waals surface area contributed by atoms with Gasteiger partial charge in [0.05, 0.1) is 28.1 Å². The molecule has 2 bridgehead atoms. The van der Waals surface area contributed by atoms with Crippen LogP contribution in [0.25, 0.3) is 0 Å². The third kappa shape index (κ3) is 4.97. The molecule has 3 amide bonds. The van der Waals surface area contributed by atoms with Crippen LogP contribution in [-0.2, 0) is 20.6 Å². The van der Waals surface area contributed by atoms with Crippen LogP contribution in [-0.4, -0.2) is 34.6 Å². The molecule has 2 N–H and O–H groups in total. The number of fused-ring (bicyclic) bond motifs is 9. The summed E-state index contributed by atoms with van der Waals surface area (Å²) in [5, 5.41) is 3.52. The van der Waals surface area contributed by atoms with Crippen molar-refractivity contribution in [2.45, 2.75) is 35.7 Å². The zero-order chi connectivity index (χ0) is 33.5. The second kappa shape index (κ2) is 11.4. The summed E-state index contributed by atoms with van der Waals surface area (Å²) in [6.45, 7) is 1.71. The average molecular weight is 692 g/mol. The van der Waals surface area contributed by atoms with E-state index in [2.05, 4.69) is 10.3 Å². The van der Waals surface area contributed by atoms with E-state index in [0.29, 0.717) is 17.9 Å². The van der Waals surface area contributed by atoms with Gasteiger partial charge in [-0.05, 0) is 78.6 Å². The number of ether oxygens (including phenoxy) is 1. The quantitative estimate of drug-likeness (QED) is 0.225. The summed E-state index contributed by atoms with van der Waals surface area (Å²) in [4.78, 5) is 57.5. The van der Waals surface area contributed by atoms with Crippen LogP contribution in [0.4, 0.5) is 24.5 Å². The lowest BCUT2D eigenvalue weighted by Gasteiger charge is -2.43. The van der Waals surface area contributed by atoms with Gasteiger partial charge in [0, 0.05) is 21.7 Å². The third-order valence-corrected chi connectivity index (χ3v) is 12.8. The van der Waals surface area contributed by atoms with E-state index in [1.54, 1.807) is 12.1 Å². The highest BCUT2D eigenvalue weighted by molar-refractivity contribution is 8.00. The molecule has 2 aliphatic heterocycles. The number of aromatic nitrogens is 1. The van der Waals surface area contributed by atoms with Crippen LogP contribution in [0.15, 0.2) is 82.6 Å². The Balaban J connectivity index is 1.06. The number of alkyl halides is 3. The highest BCUT2D eigenvalue weighted by atomic mass is 32.2. The normalized spacial score (nSPS) is 27.1. The van der Waals surface area contributed by atoms with Gasteiger partial charge in [0.2, 0.25) is 11.8 Å². The second-order valence-corrected chi connectivity index (χ2v) is 14.9. The van der Waals surface area contributed by atoms with Crippen molar-refractivity contribution in [2.24, 2.45) is 29.6 Å². The fourth-order valence-corrected chi connectivity index (χ4v) is 11.2. The van der Waals surface area contributed by atoms with Gasteiger partial charge in [-0.25, -0.2) is 0 Å². The standard InChI is InChI=1S/C35H28F3N3O5S2/c1-16-5-2-3-8-23(16)39-24(42)15-46-20-11-9-17(10-12-20)25-26-21-14-22(29(26)47-31-30(25)48-34(45)40-31)28-27(21)32(43)41(33(28)44)19-7-4-6-18(13-19)35(36,37)38/h2-13,21-22,25-29H,14-15H2,1H3,(H,39,42)(H,40,45)/t21?,22?,25-,26?,27?,28?,29?/m1/s1. The molecule has 4 aromatic rings. The summed E-state index contributed by atoms with van der Waals surface area (Å²) in [5.41, 5.74) is 1.57. The zero-order valence-electron chi connectivity index (χ0n) is 25.3. The summed E-state index contributed by atoms with van der Waals surface area (Å²) >= 11 is 2.67. The van der Waals surface area contributed by atoms with Crippen LogP contribution in [0.5, 0.6) is 5.75 Å². The number of imide groups is 1. The maximum Gasteiger partial charge on any atom is 0.416 e. The predicted molar refractivity (Wildman–Crippen MR) is 174 cm³/mol. The van der Waals surface area contributed by atoms with Crippen LogP contribution in [0.1, 0.15) is 33.9 Å². The molecular weight excluding hydrogens is 664 g/mol. The number of nitrogens with zero attached hydrogens (tertiary/aromatic N) is 1. The molecule has 13 heteroatoms. The van der Waals surface area contributed by atoms with E-state index in [0.717, 1.165) is 49.4 Å². The number of benzene rings is 3. The van der Waals surface area contributed by atoms with Crippen LogP contribution < -0.4 is 19.8 Å². The molecule has 6 unspecified atom stereocenters. The van der Waals surface area contributed by atoms with Crippen molar-refractivity contribution in [1.82, 2.24) is 4.98 Å². The first kappa shape index (κ1) is 30.9. The van der Waals surface area contributed by atoms with Crippen LogP contribution >= 0.6 is 23.1 Å². The van der Waals surface area contributed by atoms with Gasteiger partial charge in [-0.15, -0.1) is 11.8 Å². The first-order valence-electron chi connectivity index (χ1n) is 15.5. The number of H-pyrrole nitrogens is 1. The minimum atomic E-state index is -4.61. The van der Waals surface area contributed by atoms with Crippen molar-refractivity contribution in [1.29, 1.82) is 0 Å². The lowest BCUT2D eigenvalue weighted by molar-refractivity contribution is -0.137. The maximum absolute atomic E-state index is 13.9. The Hall–Kier alpha value is -4.36. The van der Waals surface area contributed by atoms with Gasteiger partial charge in [0.25, 0.3) is 5.91 Å². The van der Waals surface area contributed by atoms with Crippen molar-refractivity contribution in [3.63, 3.8) is 0 Å². The number of carbonyl (C=O) groups is 3. The number of thioether (sulfide) groups is 1. The third-order valence-electron chi connectivity index (χ3n) is 10.2. The smallest absolute Gasteiger partial charge is 0.416 e. The van der Waals surface area contributed by atoms with E-state index in [-0.39, 0.29) is 52.0 Å². The van der Waals surface area contributed by atoms with Crippen LogP contribution in [0.2, 0.25) is 0 Å². The molecule has 3 fully saturated rings. The molecule has 8 nitrogen and oxygen atoms in total. The topological polar surface area (TPSA) is 109 Å². The van der Waals surface area contributed by atoms with Crippen molar-refractivity contribution >= 4 is 52.2 Å². The molecule has 2 aliphatic carbocycles. The molecule has 3 aromatic carbocycles. The van der Waals surface area contributed by atoms with E-state index in [1.165, 1.54) is 23.9 Å². The van der Waals surface area contributed by atoms with Gasteiger partial charge >= 0.3 is 11.0 Å². The molecule has 0 spiro atoms. The first-order valence-corrected chi connectivity index (χ1v) is 17.2. The highest BCUT2D eigenvalue weighted by Crippen LogP contribution is 2.68. The molecular formula is C35H28F3N3O5S2. The minimum Gasteiger partial charge on any atom is -0.484 e. The molecule has 8 rings (SSSR count). The number of halogens is 3. The Morgan fingerprint density at radius 1 is 0.979 bits per heavy atom. The van der Waals surface area contributed by atoms with Gasteiger partial charge in [0.15, 0.2) is 6.61 Å². The summed E-state index contributed by atoms with van der Waals surface area (Å²) in [6, 6.07) is 19.2. The number of anilines is 2. The summed E-state index contributed by atoms with van der Waals surface area (Å²) in [7, 11) is 0. The largest absolute Gasteiger partial charge is 0.484 e. The molecule has 7 atom stereocenters. The highest BCUT2D eigenvalue weighted by Gasteiger charge is 2.69. The van der Waals surface area contributed by atoms with E-state index in [1.807, 2.05) is 43.3 Å². The summed E-state index contributed by atoms with van der Waals surface area (Å²) in [6.07, 6.45) is -3.96. The molecule has 1 saturated heterocycles. The van der Waals surface area contributed by atoms with E-state index < -0.39 is 35.4 Å². The minimum absolute atomic E-state index is 0.0626. The first-order chi connectivity index (χ1) is 23.0. The maximum atomic E-state index is 13.9. The van der Waals surface area contributed by atoms with E-state index in [9.17, 15) is 32.3 Å². The molecule has 0 radical (unpaired) electrons. The molecule has 4 aliphatic rings. The number of carbonyl (C=O) groups excluding carboxylic acids is 3. The number of rotatable bonds is 6. The van der Waals surface area contributed by atoms with Crippen LogP contribution in [0, 0.1) is 36.5 Å². The predicted octanol–water partition coefficient (Wildman–Crippen LogP) is 6.46. The van der Waals surface area contributed by atoms with Gasteiger partial charge in [-0.1, -0.05) is 47.7 Å². The Labute approximate surface area is 280 Å². The molecule has 1 aromatic heterocycles. The number of nitrogens with one attached hydrogen (secondary N) is 2. The fraction of sp³-hybridized carbons (Fsp3) is 0.314. The van der Waals surface area contributed by atoms with Gasteiger partial charge < -0.3 is 15.0 Å². The summed E-state index contributed by atoms with van der Waals surface area (Å²) in [5.74, 6) is -2.67. The van der Waals surface area contributed by atoms with Crippen molar-refractivity contribution in [2.75, 3.05) is 16.8 Å². The number of hydrogen-bond donors (Lipinski definition) is 2. The van der Waals surface area contributed by atoms with E-state index >= 15 is 0 Å². The van der Waals surface area contributed by atoms with Gasteiger partial charge in [-0.3, -0.25) is 24.1 Å². The number of para-hydroxylation sites is 1. The Morgan fingerprint density at radius 2 is 1.71 bits per heavy atom. The fourth-order valence-electron chi connectivity index (χ4n) is 8.29. The number of hydrogen-bond acceptors (Lipinski definition) is 7. The van der Waals surface area contributed by atoms with Crippen LogP contribution in [0.3, 0.4) is 0 Å². The number of thiazole rings is 1. The summed E-state index contributed by atoms with van der Waals surface area (Å²) < 4.78 is 46.3. The van der Waals surface area contributed by atoms with E-state index in [4.69, 9.17) is 4.74 Å². The Morgan fingerprint density at radius 3 is 2.44 bits per heavy atom. The van der Waals surface area contributed by atoms with Gasteiger partial charge in [0.1, 0.15) is 5.75 Å². The van der Waals surface area contributed by atoms with Crippen molar-refractivity contribution in [3.05, 3.63) is 104 Å². The number of aromatic amines is 1. The number of aryl methyl sites for hydroxylation is 1. The lowest BCUT2D eigenvalue weighted by atomic mass is 9.68. The SMILES string of the molecule is Cc1ccccc1NC(=O)COc1ccc([C@H]2c3sc(=O)[nH]c3SC3C4CC(C5C(=O)N(c6cccc(C(F)(F)F)c6)C(=O)C45)C32)cc1.